The van der Waals surface area contributed by atoms with Crippen LogP contribution >= 0.6 is 15.9 Å². The molecule has 0 aliphatic rings. The molecule has 0 unspecified atom stereocenters. The van der Waals surface area contributed by atoms with Crippen LogP contribution in [0.3, 0.4) is 0 Å². The normalized spacial score (nSPS) is 10.5. The van der Waals surface area contributed by atoms with E-state index in [-0.39, 0.29) is 31.3 Å². The van der Waals surface area contributed by atoms with Crippen LogP contribution in [0.1, 0.15) is 49.3 Å². The molecule has 7 nitrogen and oxygen atoms in total. The van der Waals surface area contributed by atoms with Crippen LogP contribution in [0.4, 0.5) is 5.69 Å². The van der Waals surface area contributed by atoms with Gasteiger partial charge in [0.2, 0.25) is 11.8 Å². The maximum atomic E-state index is 12.1. The lowest BCUT2D eigenvalue weighted by molar-refractivity contribution is -0.130. The summed E-state index contributed by atoms with van der Waals surface area (Å²) in [6, 6.07) is 11.3. The first-order chi connectivity index (χ1) is 14.7. The lowest BCUT2D eigenvalue weighted by atomic mass is 10.0. The zero-order chi connectivity index (χ0) is 23.0. The predicted octanol–water partition coefficient (Wildman–Crippen LogP) is 4.13. The number of carbonyl (C=O) groups excluding carboxylic acids is 3. The number of benzene rings is 2. The first kappa shape index (κ1) is 24.4. The third kappa shape index (κ3) is 8.05. The molecule has 0 bridgehead atoms. The molecule has 2 aromatic rings. The molecule has 0 spiro atoms. The molecule has 0 aliphatic heterocycles. The number of hydrogen-bond donors (Lipinski definition) is 3. The number of hydrazine groups is 1. The van der Waals surface area contributed by atoms with Crippen molar-refractivity contribution in [2.24, 2.45) is 0 Å². The van der Waals surface area contributed by atoms with Gasteiger partial charge in [-0.15, -0.1) is 0 Å². The van der Waals surface area contributed by atoms with Gasteiger partial charge in [-0.2, -0.15) is 0 Å². The fourth-order valence-electron chi connectivity index (χ4n) is 2.79. The van der Waals surface area contributed by atoms with E-state index in [1.165, 1.54) is 0 Å². The molecular formula is C23H28BrN3O4. The number of anilines is 1. The minimum absolute atomic E-state index is 0.00221. The second-order valence-corrected chi connectivity index (χ2v) is 8.50. The van der Waals surface area contributed by atoms with Gasteiger partial charge in [0.05, 0.1) is 0 Å². The average molecular weight is 490 g/mol. The van der Waals surface area contributed by atoms with E-state index >= 15 is 0 Å². The van der Waals surface area contributed by atoms with Gasteiger partial charge in [-0.3, -0.25) is 25.2 Å². The maximum absolute atomic E-state index is 12.1. The Morgan fingerprint density at radius 3 is 2.32 bits per heavy atom. The highest BCUT2D eigenvalue weighted by atomic mass is 79.9. The summed E-state index contributed by atoms with van der Waals surface area (Å²) in [5.41, 5.74) is 8.28. The Hall–Kier alpha value is -2.87. The Morgan fingerprint density at radius 2 is 1.61 bits per heavy atom. The van der Waals surface area contributed by atoms with Crippen LogP contribution in [0.2, 0.25) is 0 Å². The van der Waals surface area contributed by atoms with E-state index in [0.29, 0.717) is 5.75 Å². The van der Waals surface area contributed by atoms with Crippen molar-refractivity contribution in [3.8, 4) is 5.75 Å². The number of nitrogens with one attached hydrogen (secondary N) is 3. The molecule has 0 atom stereocenters. The van der Waals surface area contributed by atoms with Crippen molar-refractivity contribution in [3.63, 3.8) is 0 Å². The molecule has 0 fully saturated rings. The summed E-state index contributed by atoms with van der Waals surface area (Å²) in [5, 5.41) is 2.80. The Bertz CT molecular complexity index is 960. The third-order valence-corrected chi connectivity index (χ3v) is 5.03. The number of hydrogen-bond acceptors (Lipinski definition) is 4. The largest absolute Gasteiger partial charge is 0.483 e. The Labute approximate surface area is 191 Å². The van der Waals surface area contributed by atoms with Gasteiger partial charge in [0, 0.05) is 23.0 Å². The van der Waals surface area contributed by atoms with Gasteiger partial charge in [0.1, 0.15) is 5.75 Å². The van der Waals surface area contributed by atoms with Crippen molar-refractivity contribution in [1.82, 2.24) is 10.9 Å². The van der Waals surface area contributed by atoms with Gasteiger partial charge in [-0.05, 0) is 60.7 Å². The molecular weight excluding hydrogens is 462 g/mol. The third-order valence-electron chi connectivity index (χ3n) is 4.54. The predicted molar refractivity (Wildman–Crippen MR) is 124 cm³/mol. The summed E-state index contributed by atoms with van der Waals surface area (Å²) in [6.07, 6.45) is -0.0513. The van der Waals surface area contributed by atoms with Crippen molar-refractivity contribution in [2.75, 3.05) is 11.9 Å². The fraction of sp³-hybridized carbons (Fsp3) is 0.348. The second kappa shape index (κ2) is 11.5. The van der Waals surface area contributed by atoms with E-state index in [9.17, 15) is 14.4 Å². The van der Waals surface area contributed by atoms with Crippen molar-refractivity contribution >= 4 is 39.3 Å². The van der Waals surface area contributed by atoms with Gasteiger partial charge >= 0.3 is 0 Å². The Kier molecular flexibility index (Phi) is 9.05. The molecule has 0 saturated heterocycles. The topological polar surface area (TPSA) is 96.5 Å². The molecule has 3 N–H and O–H groups in total. The molecule has 166 valence electrons. The highest BCUT2D eigenvalue weighted by Crippen LogP contribution is 2.29. The molecule has 0 saturated carbocycles. The molecule has 8 heteroatoms. The monoisotopic (exact) mass is 489 g/mol. The molecule has 3 amide bonds. The molecule has 2 rings (SSSR count). The minimum atomic E-state index is -0.495. The van der Waals surface area contributed by atoms with Gasteiger partial charge in [-0.25, -0.2) is 0 Å². The number of rotatable bonds is 8. The summed E-state index contributed by atoms with van der Waals surface area (Å²) in [5.74, 6) is -0.385. The summed E-state index contributed by atoms with van der Waals surface area (Å²) >= 11 is 3.42. The summed E-state index contributed by atoms with van der Waals surface area (Å²) in [6.45, 7) is 7.67. The number of carbonyl (C=O) groups is 3. The van der Waals surface area contributed by atoms with Crippen LogP contribution in [0.15, 0.2) is 40.9 Å². The molecule has 2 aromatic carbocycles. The quantitative estimate of drug-likeness (QED) is 0.485. The standard InChI is InChI=1S/C23H28BrN3O4/c1-14(2)18-12-17(24)7-8-20(18)31-13-23(30)27-26-22(29)10-9-21(28)25-19-11-15(3)5-6-16(19)4/h5-8,11-12,14H,9-10,13H2,1-4H3,(H,25,28)(H,26,29)(H,27,30). The van der Waals surface area contributed by atoms with Crippen LogP contribution in [0.25, 0.3) is 0 Å². The van der Waals surface area contributed by atoms with E-state index < -0.39 is 11.8 Å². The van der Waals surface area contributed by atoms with Gasteiger partial charge in [0.25, 0.3) is 5.91 Å². The van der Waals surface area contributed by atoms with Crippen LogP contribution in [-0.4, -0.2) is 24.3 Å². The van der Waals surface area contributed by atoms with E-state index in [4.69, 9.17) is 4.74 Å². The fourth-order valence-corrected chi connectivity index (χ4v) is 3.17. The summed E-state index contributed by atoms with van der Waals surface area (Å²) in [4.78, 5) is 36.0. The zero-order valence-electron chi connectivity index (χ0n) is 18.2. The zero-order valence-corrected chi connectivity index (χ0v) is 19.8. The van der Waals surface area contributed by atoms with Gasteiger partial charge in [0.15, 0.2) is 6.61 Å². The summed E-state index contributed by atoms with van der Waals surface area (Å²) in [7, 11) is 0. The van der Waals surface area contributed by atoms with Crippen LogP contribution in [0, 0.1) is 13.8 Å². The minimum Gasteiger partial charge on any atom is -0.483 e. The number of amides is 3. The van der Waals surface area contributed by atoms with Crippen LogP contribution < -0.4 is 20.9 Å². The van der Waals surface area contributed by atoms with E-state index in [0.717, 1.165) is 26.9 Å². The highest BCUT2D eigenvalue weighted by Gasteiger charge is 2.12. The lowest BCUT2D eigenvalue weighted by Gasteiger charge is -2.14. The SMILES string of the molecule is Cc1ccc(C)c(NC(=O)CCC(=O)NNC(=O)COc2ccc(Br)cc2C(C)C)c1. The molecule has 0 radical (unpaired) electrons. The maximum Gasteiger partial charge on any atom is 0.276 e. The van der Waals surface area contributed by atoms with Crippen molar-refractivity contribution < 1.29 is 19.1 Å². The average Bonchev–Trinajstić information content (AvgIpc) is 2.72. The number of ether oxygens (including phenoxy) is 1. The van der Waals surface area contributed by atoms with Crippen LogP contribution in [-0.2, 0) is 14.4 Å². The van der Waals surface area contributed by atoms with Crippen molar-refractivity contribution in [3.05, 3.63) is 57.6 Å². The first-order valence-corrected chi connectivity index (χ1v) is 10.8. The van der Waals surface area contributed by atoms with Gasteiger partial charge < -0.3 is 10.1 Å². The molecule has 0 heterocycles. The lowest BCUT2D eigenvalue weighted by Crippen LogP contribution is -2.44. The second-order valence-electron chi connectivity index (χ2n) is 7.59. The molecule has 0 aliphatic carbocycles. The highest BCUT2D eigenvalue weighted by molar-refractivity contribution is 9.10. The Morgan fingerprint density at radius 1 is 0.935 bits per heavy atom. The van der Waals surface area contributed by atoms with Crippen molar-refractivity contribution in [2.45, 2.75) is 46.5 Å². The smallest absolute Gasteiger partial charge is 0.276 e. The van der Waals surface area contributed by atoms with E-state index in [2.05, 4.69) is 32.1 Å². The van der Waals surface area contributed by atoms with Gasteiger partial charge in [-0.1, -0.05) is 41.9 Å². The van der Waals surface area contributed by atoms with Crippen LogP contribution in [0.5, 0.6) is 5.75 Å². The number of aryl methyl sites for hydroxylation is 2. The molecule has 0 aromatic heterocycles. The number of halogens is 1. The first-order valence-electron chi connectivity index (χ1n) is 10.0. The van der Waals surface area contributed by atoms with Crippen molar-refractivity contribution in [1.29, 1.82) is 0 Å². The Balaban J connectivity index is 1.73. The molecule has 31 heavy (non-hydrogen) atoms. The summed E-state index contributed by atoms with van der Waals surface area (Å²) < 4.78 is 6.52. The van der Waals surface area contributed by atoms with E-state index in [1.807, 2.05) is 58.0 Å². The van der Waals surface area contributed by atoms with E-state index in [1.54, 1.807) is 6.07 Å².